The second kappa shape index (κ2) is 6.96. The number of rotatable bonds is 4. The van der Waals surface area contributed by atoms with E-state index in [0.717, 1.165) is 29.1 Å². The van der Waals surface area contributed by atoms with Crippen molar-refractivity contribution in [3.8, 4) is 0 Å². The zero-order chi connectivity index (χ0) is 13.8. The van der Waals surface area contributed by atoms with Crippen LogP contribution in [-0.4, -0.2) is 25.7 Å². The van der Waals surface area contributed by atoms with Gasteiger partial charge in [0.1, 0.15) is 0 Å². The molecule has 1 aliphatic heterocycles. The van der Waals surface area contributed by atoms with Crippen molar-refractivity contribution < 1.29 is 0 Å². The van der Waals surface area contributed by atoms with E-state index in [9.17, 15) is 0 Å². The largest absolute Gasteiger partial charge is 0.371 e. The van der Waals surface area contributed by atoms with Crippen LogP contribution in [-0.2, 0) is 0 Å². The molecule has 0 spiro atoms. The minimum absolute atomic E-state index is 0.659. The highest BCUT2D eigenvalue weighted by Gasteiger charge is 2.25. The monoisotopic (exact) mass is 344 g/mol. The van der Waals surface area contributed by atoms with Gasteiger partial charge < -0.3 is 10.2 Å². The normalized spacial score (nSPS) is 23.7. The van der Waals surface area contributed by atoms with Crippen molar-refractivity contribution in [2.45, 2.75) is 32.7 Å². The lowest BCUT2D eigenvalue weighted by molar-refractivity contribution is 0.322. The van der Waals surface area contributed by atoms with E-state index in [1.54, 1.807) is 0 Å². The highest BCUT2D eigenvalue weighted by atomic mass is 79.9. The summed E-state index contributed by atoms with van der Waals surface area (Å²) in [5.41, 5.74) is 1.26. The third-order valence-electron chi connectivity index (χ3n) is 3.83. The maximum absolute atomic E-state index is 6.05. The van der Waals surface area contributed by atoms with Gasteiger partial charge >= 0.3 is 0 Å². The first-order valence-corrected chi connectivity index (χ1v) is 8.22. The Morgan fingerprint density at radius 2 is 2.26 bits per heavy atom. The number of hydrogen-bond acceptors (Lipinski definition) is 2. The zero-order valence-electron chi connectivity index (χ0n) is 11.6. The van der Waals surface area contributed by atoms with Gasteiger partial charge in [0.2, 0.25) is 0 Å². The van der Waals surface area contributed by atoms with Crippen LogP contribution in [0.25, 0.3) is 0 Å². The van der Waals surface area contributed by atoms with E-state index in [0.29, 0.717) is 12.0 Å². The first-order chi connectivity index (χ1) is 9.11. The van der Waals surface area contributed by atoms with Gasteiger partial charge in [-0.3, -0.25) is 0 Å². The molecular formula is C15H22BrClN2. The molecule has 1 aromatic rings. The first kappa shape index (κ1) is 15.1. The van der Waals surface area contributed by atoms with Gasteiger partial charge in [-0.25, -0.2) is 0 Å². The maximum Gasteiger partial charge on any atom is 0.0549 e. The van der Waals surface area contributed by atoms with Crippen molar-refractivity contribution in [3.63, 3.8) is 0 Å². The summed E-state index contributed by atoms with van der Waals surface area (Å²) >= 11 is 9.56. The molecule has 1 aliphatic rings. The first-order valence-electron chi connectivity index (χ1n) is 7.05. The van der Waals surface area contributed by atoms with Gasteiger partial charge in [0.15, 0.2) is 0 Å². The van der Waals surface area contributed by atoms with E-state index in [1.807, 2.05) is 6.07 Å². The van der Waals surface area contributed by atoms with Gasteiger partial charge in [0.25, 0.3) is 0 Å². The van der Waals surface area contributed by atoms with Crippen LogP contribution < -0.4 is 10.2 Å². The standard InChI is InChI=1S/C15H22BrClN2/c1-3-7-18-15-6-8-19(10-11(15)2)12-4-5-14(17)13(16)9-12/h4-5,9,11,15,18H,3,6-8,10H2,1-2H3. The van der Waals surface area contributed by atoms with Crippen molar-refractivity contribution in [1.82, 2.24) is 5.32 Å². The molecule has 1 heterocycles. The molecule has 106 valence electrons. The molecule has 2 rings (SSSR count). The summed E-state index contributed by atoms with van der Waals surface area (Å²) in [4.78, 5) is 2.45. The fraction of sp³-hybridized carbons (Fsp3) is 0.600. The Balaban J connectivity index is 1.99. The molecule has 0 aromatic heterocycles. The summed E-state index contributed by atoms with van der Waals surface area (Å²) in [6.07, 6.45) is 2.42. The van der Waals surface area contributed by atoms with Crippen LogP contribution >= 0.6 is 27.5 Å². The van der Waals surface area contributed by atoms with Gasteiger partial charge in [0.05, 0.1) is 5.02 Å². The molecule has 2 nitrogen and oxygen atoms in total. The zero-order valence-corrected chi connectivity index (χ0v) is 14.0. The molecule has 0 aliphatic carbocycles. The summed E-state index contributed by atoms with van der Waals surface area (Å²) in [6.45, 7) is 7.90. The minimum Gasteiger partial charge on any atom is -0.371 e. The van der Waals surface area contributed by atoms with Gasteiger partial charge in [-0.15, -0.1) is 0 Å². The van der Waals surface area contributed by atoms with Crippen LogP contribution in [0.1, 0.15) is 26.7 Å². The number of nitrogens with zero attached hydrogens (tertiary/aromatic N) is 1. The smallest absolute Gasteiger partial charge is 0.0549 e. The Morgan fingerprint density at radius 1 is 1.47 bits per heavy atom. The lowest BCUT2D eigenvalue weighted by Crippen LogP contribution is -2.48. The Morgan fingerprint density at radius 3 is 2.89 bits per heavy atom. The summed E-state index contributed by atoms with van der Waals surface area (Å²) in [5.74, 6) is 0.676. The Bertz CT molecular complexity index is 425. The van der Waals surface area contributed by atoms with Gasteiger partial charge in [0, 0.05) is 29.3 Å². The average Bonchev–Trinajstić information content (AvgIpc) is 2.40. The van der Waals surface area contributed by atoms with E-state index in [4.69, 9.17) is 11.6 Å². The van der Waals surface area contributed by atoms with Crippen molar-refractivity contribution >= 4 is 33.2 Å². The molecule has 4 heteroatoms. The van der Waals surface area contributed by atoms with Crippen LogP contribution in [0.5, 0.6) is 0 Å². The number of anilines is 1. The minimum atomic E-state index is 0.659. The third kappa shape index (κ3) is 3.87. The van der Waals surface area contributed by atoms with Crippen molar-refractivity contribution in [3.05, 3.63) is 27.7 Å². The van der Waals surface area contributed by atoms with Crippen LogP contribution in [0, 0.1) is 5.92 Å². The lowest BCUT2D eigenvalue weighted by Gasteiger charge is -2.39. The van der Waals surface area contributed by atoms with Gasteiger partial charge in [-0.1, -0.05) is 25.4 Å². The van der Waals surface area contributed by atoms with Crippen LogP contribution in [0.2, 0.25) is 5.02 Å². The molecule has 0 saturated carbocycles. The van der Waals surface area contributed by atoms with Crippen LogP contribution in [0.15, 0.2) is 22.7 Å². The Hall–Kier alpha value is -0.250. The fourth-order valence-corrected chi connectivity index (χ4v) is 3.18. The predicted molar refractivity (Wildman–Crippen MR) is 87.2 cm³/mol. The summed E-state index contributed by atoms with van der Waals surface area (Å²) in [7, 11) is 0. The fourth-order valence-electron chi connectivity index (χ4n) is 2.69. The lowest BCUT2D eigenvalue weighted by atomic mass is 9.93. The summed E-state index contributed by atoms with van der Waals surface area (Å²) in [6, 6.07) is 6.86. The third-order valence-corrected chi connectivity index (χ3v) is 5.04. The molecule has 0 bridgehead atoms. The molecule has 1 N–H and O–H groups in total. The number of hydrogen-bond donors (Lipinski definition) is 1. The molecule has 19 heavy (non-hydrogen) atoms. The number of piperidine rings is 1. The second-order valence-electron chi connectivity index (χ2n) is 5.37. The van der Waals surface area contributed by atoms with E-state index in [-0.39, 0.29) is 0 Å². The highest BCUT2D eigenvalue weighted by molar-refractivity contribution is 9.10. The predicted octanol–water partition coefficient (Wildman–Crippen LogP) is 4.32. The van der Waals surface area contributed by atoms with Crippen LogP contribution in [0.3, 0.4) is 0 Å². The van der Waals surface area contributed by atoms with Crippen molar-refractivity contribution in [1.29, 1.82) is 0 Å². The van der Waals surface area contributed by atoms with E-state index in [1.165, 1.54) is 18.5 Å². The number of halogens is 2. The van der Waals surface area contributed by atoms with E-state index < -0.39 is 0 Å². The SMILES string of the molecule is CCCNC1CCN(c2ccc(Cl)c(Br)c2)CC1C. The second-order valence-corrected chi connectivity index (χ2v) is 6.63. The van der Waals surface area contributed by atoms with Gasteiger partial charge in [-0.2, -0.15) is 0 Å². The number of benzene rings is 1. The summed E-state index contributed by atoms with van der Waals surface area (Å²) in [5, 5.41) is 4.43. The quantitative estimate of drug-likeness (QED) is 0.874. The molecule has 0 radical (unpaired) electrons. The number of nitrogens with one attached hydrogen (secondary N) is 1. The molecule has 1 saturated heterocycles. The van der Waals surface area contributed by atoms with Gasteiger partial charge in [-0.05, 0) is 59.4 Å². The van der Waals surface area contributed by atoms with Crippen molar-refractivity contribution in [2.24, 2.45) is 5.92 Å². The topological polar surface area (TPSA) is 15.3 Å². The molecular weight excluding hydrogens is 324 g/mol. The highest BCUT2D eigenvalue weighted by Crippen LogP contribution is 2.30. The Kier molecular flexibility index (Phi) is 5.55. The molecule has 1 aromatic carbocycles. The maximum atomic E-state index is 6.05. The molecule has 1 fully saturated rings. The molecule has 2 atom stereocenters. The van der Waals surface area contributed by atoms with Crippen LogP contribution in [0.4, 0.5) is 5.69 Å². The average molecular weight is 346 g/mol. The van der Waals surface area contributed by atoms with E-state index >= 15 is 0 Å². The summed E-state index contributed by atoms with van der Waals surface area (Å²) < 4.78 is 0.977. The molecule has 2 unspecified atom stereocenters. The van der Waals surface area contributed by atoms with E-state index in [2.05, 4.69) is 52.1 Å². The molecule has 0 amide bonds. The Labute approximate surface area is 129 Å². The van der Waals surface area contributed by atoms with Crippen molar-refractivity contribution in [2.75, 3.05) is 24.5 Å².